The van der Waals surface area contributed by atoms with Crippen LogP contribution in [0.1, 0.15) is 31.2 Å². The van der Waals surface area contributed by atoms with Crippen LogP contribution >= 0.6 is 0 Å². The summed E-state index contributed by atoms with van der Waals surface area (Å²) in [5.41, 5.74) is 6.26. The van der Waals surface area contributed by atoms with E-state index in [9.17, 15) is 9.82 Å². The number of nitrogens with two attached hydrogens (primary N) is 1. The lowest BCUT2D eigenvalue weighted by molar-refractivity contribution is -0.120. The van der Waals surface area contributed by atoms with E-state index in [1.54, 1.807) is 12.2 Å². The van der Waals surface area contributed by atoms with Gasteiger partial charge in [0.25, 0.3) is 0 Å². The van der Waals surface area contributed by atoms with Gasteiger partial charge in [0, 0.05) is 6.42 Å². The van der Waals surface area contributed by atoms with Gasteiger partial charge in [-0.1, -0.05) is 24.3 Å². The van der Waals surface area contributed by atoms with Crippen molar-refractivity contribution in [1.29, 1.82) is 0 Å². The van der Waals surface area contributed by atoms with Crippen LogP contribution in [0.4, 0.5) is 0 Å². The third-order valence-corrected chi connectivity index (χ3v) is 4.32. The minimum absolute atomic E-state index is 0.0493. The SMILES string of the molecule is NCCCCOc1cccc(CC(=O)N[C@H]2CC=C[C@H](CC(O)O)OB2O)c1. The van der Waals surface area contributed by atoms with Crippen LogP contribution in [0.5, 0.6) is 5.75 Å². The second-order valence-electron chi connectivity index (χ2n) is 6.79. The Bertz CT molecular complexity index is 643. The molecular formula is C19H29BN2O6. The van der Waals surface area contributed by atoms with Crippen LogP contribution in [0.3, 0.4) is 0 Å². The van der Waals surface area contributed by atoms with Crippen LogP contribution in [0, 0.1) is 0 Å². The van der Waals surface area contributed by atoms with Gasteiger partial charge >= 0.3 is 7.12 Å². The lowest BCUT2D eigenvalue weighted by Crippen LogP contribution is -2.48. The van der Waals surface area contributed by atoms with Crippen molar-refractivity contribution in [3.63, 3.8) is 0 Å². The molecule has 1 heterocycles. The molecule has 0 saturated heterocycles. The smallest absolute Gasteiger partial charge is 0.478 e. The molecule has 2 atom stereocenters. The molecule has 0 unspecified atom stereocenters. The highest BCUT2D eigenvalue weighted by atomic mass is 16.5. The van der Waals surface area contributed by atoms with E-state index in [2.05, 4.69) is 5.32 Å². The van der Waals surface area contributed by atoms with Crippen molar-refractivity contribution in [2.75, 3.05) is 13.2 Å². The van der Waals surface area contributed by atoms with Crippen molar-refractivity contribution in [1.82, 2.24) is 5.32 Å². The van der Waals surface area contributed by atoms with Crippen LogP contribution in [0.25, 0.3) is 0 Å². The molecule has 0 aromatic heterocycles. The Balaban J connectivity index is 1.84. The van der Waals surface area contributed by atoms with E-state index < -0.39 is 25.5 Å². The van der Waals surface area contributed by atoms with Crippen molar-refractivity contribution in [3.05, 3.63) is 42.0 Å². The molecule has 0 radical (unpaired) electrons. The highest BCUT2D eigenvalue weighted by molar-refractivity contribution is 6.45. The number of amides is 1. The Labute approximate surface area is 165 Å². The van der Waals surface area contributed by atoms with Gasteiger partial charge < -0.3 is 35.7 Å². The molecule has 1 aliphatic rings. The second kappa shape index (κ2) is 11.8. The zero-order valence-electron chi connectivity index (χ0n) is 15.9. The highest BCUT2D eigenvalue weighted by Gasteiger charge is 2.32. The maximum absolute atomic E-state index is 12.4. The van der Waals surface area contributed by atoms with Crippen LogP contribution in [-0.2, 0) is 15.9 Å². The maximum atomic E-state index is 12.4. The van der Waals surface area contributed by atoms with Crippen LogP contribution < -0.4 is 15.8 Å². The third kappa shape index (κ3) is 7.99. The first-order valence-corrected chi connectivity index (χ1v) is 9.55. The number of rotatable bonds is 10. The summed E-state index contributed by atoms with van der Waals surface area (Å²) in [6.45, 7) is 1.21. The highest BCUT2D eigenvalue weighted by Crippen LogP contribution is 2.16. The van der Waals surface area contributed by atoms with Crippen molar-refractivity contribution >= 4 is 13.0 Å². The molecule has 0 fully saturated rings. The van der Waals surface area contributed by atoms with Gasteiger partial charge in [-0.2, -0.15) is 0 Å². The topological polar surface area (TPSA) is 134 Å². The number of ether oxygens (including phenoxy) is 1. The summed E-state index contributed by atoms with van der Waals surface area (Å²) in [7, 11) is -1.24. The molecule has 2 rings (SSSR count). The molecule has 0 saturated carbocycles. The number of hydrogen-bond donors (Lipinski definition) is 5. The summed E-state index contributed by atoms with van der Waals surface area (Å²) in [6.07, 6.45) is 3.52. The largest absolute Gasteiger partial charge is 0.494 e. The number of aliphatic hydroxyl groups excluding tert-OH is 1. The zero-order chi connectivity index (χ0) is 20.4. The van der Waals surface area contributed by atoms with Crippen LogP contribution in [0.2, 0.25) is 0 Å². The average Bonchev–Trinajstić information content (AvgIpc) is 2.80. The van der Waals surface area contributed by atoms with Gasteiger partial charge in [-0.05, 0) is 43.5 Å². The van der Waals surface area contributed by atoms with E-state index in [-0.39, 0.29) is 18.7 Å². The molecule has 1 aliphatic heterocycles. The van der Waals surface area contributed by atoms with Crippen LogP contribution in [-0.4, -0.2) is 59.7 Å². The number of carbonyl (C=O) groups is 1. The molecular weight excluding hydrogens is 363 g/mol. The molecule has 0 bridgehead atoms. The normalized spacial score (nSPS) is 19.5. The summed E-state index contributed by atoms with van der Waals surface area (Å²) in [5.74, 6) is -0.157. The Morgan fingerprint density at radius 3 is 2.96 bits per heavy atom. The first-order chi connectivity index (χ1) is 13.5. The van der Waals surface area contributed by atoms with E-state index in [1.807, 2.05) is 24.3 Å². The minimum Gasteiger partial charge on any atom is -0.494 e. The molecule has 1 aromatic carbocycles. The second-order valence-corrected chi connectivity index (χ2v) is 6.79. The molecule has 6 N–H and O–H groups in total. The van der Waals surface area contributed by atoms with E-state index in [0.717, 1.165) is 18.4 Å². The summed E-state index contributed by atoms with van der Waals surface area (Å²) in [6, 6.07) is 7.33. The molecule has 1 aromatic rings. The lowest BCUT2D eigenvalue weighted by atomic mass is 9.77. The Morgan fingerprint density at radius 1 is 1.39 bits per heavy atom. The quantitative estimate of drug-likeness (QED) is 0.162. The van der Waals surface area contributed by atoms with Gasteiger partial charge in [-0.25, -0.2) is 0 Å². The number of unbranched alkanes of at least 4 members (excludes halogenated alkanes) is 1. The number of carbonyl (C=O) groups excluding carboxylic acids is 1. The van der Waals surface area contributed by atoms with Gasteiger partial charge in [0.2, 0.25) is 5.91 Å². The Kier molecular flexibility index (Phi) is 9.46. The van der Waals surface area contributed by atoms with Crippen LogP contribution in [0.15, 0.2) is 36.4 Å². The fourth-order valence-electron chi connectivity index (χ4n) is 2.91. The van der Waals surface area contributed by atoms with E-state index >= 15 is 0 Å². The van der Waals surface area contributed by atoms with Gasteiger partial charge in [-0.15, -0.1) is 0 Å². The summed E-state index contributed by atoms with van der Waals surface area (Å²) >= 11 is 0. The van der Waals surface area contributed by atoms with Gasteiger partial charge in [-0.3, -0.25) is 4.79 Å². The predicted octanol–water partition coefficient (Wildman–Crippen LogP) is -0.103. The first-order valence-electron chi connectivity index (χ1n) is 9.55. The summed E-state index contributed by atoms with van der Waals surface area (Å²) < 4.78 is 11.0. The molecule has 1 amide bonds. The predicted molar refractivity (Wildman–Crippen MR) is 105 cm³/mol. The third-order valence-electron chi connectivity index (χ3n) is 4.32. The first kappa shape index (κ1) is 22.4. The number of benzene rings is 1. The molecule has 28 heavy (non-hydrogen) atoms. The molecule has 9 heteroatoms. The average molecular weight is 392 g/mol. The number of nitrogens with one attached hydrogen (secondary N) is 1. The van der Waals surface area contributed by atoms with Gasteiger partial charge in [0.05, 0.1) is 25.1 Å². The molecule has 0 spiro atoms. The Morgan fingerprint density at radius 2 is 2.21 bits per heavy atom. The molecule has 154 valence electrons. The van der Waals surface area contributed by atoms with Crippen molar-refractivity contribution in [2.45, 2.75) is 50.4 Å². The van der Waals surface area contributed by atoms with E-state index in [0.29, 0.717) is 25.3 Å². The van der Waals surface area contributed by atoms with Crippen molar-refractivity contribution in [2.24, 2.45) is 5.73 Å². The molecule has 0 aliphatic carbocycles. The number of aliphatic hydroxyl groups is 2. The standard InChI is InChI=1S/C19H29BN2O6/c21-9-1-2-10-27-15-6-3-5-14(11-15)12-18(23)22-17-8-4-7-16(13-19(24)25)28-20(17)26/h3-7,11,16-17,19,24-26H,1-2,8-10,12-13,21H2,(H,22,23)/t16-,17+/m1/s1. The minimum atomic E-state index is -1.53. The Hall–Kier alpha value is -1.91. The molecule has 8 nitrogen and oxygen atoms in total. The van der Waals surface area contributed by atoms with Crippen molar-refractivity contribution in [3.8, 4) is 5.75 Å². The zero-order valence-corrected chi connectivity index (χ0v) is 15.9. The van der Waals surface area contributed by atoms with E-state index in [4.69, 9.17) is 25.3 Å². The van der Waals surface area contributed by atoms with Gasteiger partial charge in [0.1, 0.15) is 5.75 Å². The summed E-state index contributed by atoms with van der Waals surface area (Å²) in [5, 5.41) is 31.0. The van der Waals surface area contributed by atoms with E-state index in [1.165, 1.54) is 0 Å². The maximum Gasteiger partial charge on any atom is 0.478 e. The summed E-state index contributed by atoms with van der Waals surface area (Å²) in [4.78, 5) is 12.4. The lowest BCUT2D eigenvalue weighted by Gasteiger charge is -2.21. The monoisotopic (exact) mass is 392 g/mol. The number of hydrogen-bond acceptors (Lipinski definition) is 7. The van der Waals surface area contributed by atoms with Crippen molar-refractivity contribution < 1.29 is 29.4 Å². The van der Waals surface area contributed by atoms with Gasteiger partial charge in [0.15, 0.2) is 6.29 Å². The fourth-order valence-corrected chi connectivity index (χ4v) is 2.91. The fraction of sp³-hybridized carbons (Fsp3) is 0.526.